The lowest BCUT2D eigenvalue weighted by molar-refractivity contribution is -0.137. The molecular weight excluding hydrogens is 337 g/mol. The van der Waals surface area contributed by atoms with E-state index in [1.165, 1.54) is 12.1 Å². The van der Waals surface area contributed by atoms with E-state index < -0.39 is 11.7 Å². The molecule has 0 aliphatic rings. The summed E-state index contributed by atoms with van der Waals surface area (Å²) in [5, 5.41) is 0. The highest BCUT2D eigenvalue weighted by molar-refractivity contribution is 5.93. The van der Waals surface area contributed by atoms with Crippen LogP contribution in [0, 0.1) is 0 Å². The summed E-state index contributed by atoms with van der Waals surface area (Å²) in [5.74, 6) is 0. The second-order valence-electron chi connectivity index (χ2n) is 5.87. The second-order valence-corrected chi connectivity index (χ2v) is 5.87. The van der Waals surface area contributed by atoms with Crippen molar-refractivity contribution in [2.75, 3.05) is 0 Å². The molecule has 0 bridgehead atoms. The Morgan fingerprint density at radius 3 is 2.15 bits per heavy atom. The van der Waals surface area contributed by atoms with E-state index in [1.54, 1.807) is 12.3 Å². The molecule has 128 valence electrons. The number of fused-ring (bicyclic) bond motifs is 1. The van der Waals surface area contributed by atoms with Crippen molar-refractivity contribution in [2.24, 2.45) is 0 Å². The predicted octanol–water partition coefficient (Wildman–Crippen LogP) is 5.98. The van der Waals surface area contributed by atoms with Crippen LogP contribution in [0.15, 0.2) is 79.0 Å². The number of pyridine rings is 2. The second kappa shape index (κ2) is 6.26. The maximum absolute atomic E-state index is 12.8. The van der Waals surface area contributed by atoms with E-state index in [0.717, 1.165) is 28.8 Å². The van der Waals surface area contributed by atoms with Crippen LogP contribution >= 0.6 is 0 Å². The largest absolute Gasteiger partial charge is 0.416 e. The highest BCUT2D eigenvalue weighted by atomic mass is 19.4. The minimum Gasteiger partial charge on any atom is -0.254 e. The molecule has 0 saturated heterocycles. The number of alkyl halides is 3. The Kier molecular flexibility index (Phi) is 3.92. The predicted molar refractivity (Wildman–Crippen MR) is 95.4 cm³/mol. The van der Waals surface area contributed by atoms with Crippen molar-refractivity contribution in [1.29, 1.82) is 0 Å². The van der Waals surface area contributed by atoms with Crippen molar-refractivity contribution < 1.29 is 13.2 Å². The van der Waals surface area contributed by atoms with Gasteiger partial charge in [0.1, 0.15) is 0 Å². The number of hydrogen-bond donors (Lipinski definition) is 0. The number of benzene rings is 2. The molecule has 0 N–H and O–H groups in total. The number of rotatable bonds is 2. The maximum atomic E-state index is 12.8. The van der Waals surface area contributed by atoms with Crippen molar-refractivity contribution in [2.45, 2.75) is 6.18 Å². The van der Waals surface area contributed by atoms with E-state index >= 15 is 0 Å². The molecule has 0 unspecified atom stereocenters. The molecule has 0 aliphatic carbocycles. The summed E-state index contributed by atoms with van der Waals surface area (Å²) in [6.07, 6.45) is -2.65. The molecule has 0 saturated carbocycles. The first-order valence-electron chi connectivity index (χ1n) is 8.01. The first-order chi connectivity index (χ1) is 12.5. The Morgan fingerprint density at radius 1 is 0.731 bits per heavy atom. The number of aromatic nitrogens is 2. The third-order valence-corrected chi connectivity index (χ3v) is 4.16. The van der Waals surface area contributed by atoms with Crippen LogP contribution < -0.4 is 0 Å². The van der Waals surface area contributed by atoms with Crippen molar-refractivity contribution >= 4 is 11.0 Å². The monoisotopic (exact) mass is 350 g/mol. The quantitative estimate of drug-likeness (QED) is 0.444. The molecule has 4 aromatic rings. The van der Waals surface area contributed by atoms with Crippen LogP contribution in [0.1, 0.15) is 5.56 Å². The van der Waals surface area contributed by atoms with Crippen LogP contribution in [0.2, 0.25) is 0 Å². The topological polar surface area (TPSA) is 25.8 Å². The fraction of sp³-hybridized carbons (Fsp3) is 0.0476. The number of halogens is 3. The van der Waals surface area contributed by atoms with Gasteiger partial charge in [-0.3, -0.25) is 4.98 Å². The summed E-state index contributed by atoms with van der Waals surface area (Å²) >= 11 is 0. The molecule has 4 rings (SSSR count). The third-order valence-electron chi connectivity index (χ3n) is 4.16. The SMILES string of the molecule is FC(F)(F)c1ccc(-c2cc(-c3ccccc3)c3ncccc3n2)cc1. The highest BCUT2D eigenvalue weighted by Gasteiger charge is 2.30. The summed E-state index contributed by atoms with van der Waals surface area (Å²) < 4.78 is 38.4. The molecule has 2 aromatic carbocycles. The van der Waals surface area contributed by atoms with Gasteiger partial charge in [-0.2, -0.15) is 13.2 Å². The fourth-order valence-electron chi connectivity index (χ4n) is 2.88. The van der Waals surface area contributed by atoms with Gasteiger partial charge in [0.2, 0.25) is 0 Å². The van der Waals surface area contributed by atoms with Crippen molar-refractivity contribution in [3.63, 3.8) is 0 Å². The van der Waals surface area contributed by atoms with Gasteiger partial charge in [0.25, 0.3) is 0 Å². The average Bonchev–Trinajstić information content (AvgIpc) is 2.67. The lowest BCUT2D eigenvalue weighted by atomic mass is 10.0. The first-order valence-corrected chi connectivity index (χ1v) is 8.01. The van der Waals surface area contributed by atoms with Gasteiger partial charge in [-0.05, 0) is 35.9 Å². The van der Waals surface area contributed by atoms with Gasteiger partial charge in [0, 0.05) is 17.3 Å². The van der Waals surface area contributed by atoms with Gasteiger partial charge < -0.3 is 0 Å². The van der Waals surface area contributed by atoms with E-state index in [0.29, 0.717) is 16.8 Å². The van der Waals surface area contributed by atoms with Crippen molar-refractivity contribution in [1.82, 2.24) is 9.97 Å². The lowest BCUT2D eigenvalue weighted by Gasteiger charge is -2.11. The zero-order chi connectivity index (χ0) is 18.1. The highest BCUT2D eigenvalue weighted by Crippen LogP contribution is 2.33. The van der Waals surface area contributed by atoms with E-state index in [4.69, 9.17) is 0 Å². The number of nitrogens with zero attached hydrogens (tertiary/aromatic N) is 2. The van der Waals surface area contributed by atoms with Crippen LogP contribution in [0.5, 0.6) is 0 Å². The molecule has 5 heteroatoms. The Labute approximate surface area is 148 Å². The van der Waals surface area contributed by atoms with E-state index in [9.17, 15) is 13.2 Å². The summed E-state index contributed by atoms with van der Waals surface area (Å²) in [5.41, 5.74) is 3.89. The molecule has 0 radical (unpaired) electrons. The standard InChI is InChI=1S/C21H13F3N2/c22-21(23,24)16-10-8-15(9-11-16)19-13-17(14-5-2-1-3-6-14)20-18(26-19)7-4-12-25-20/h1-13H. The molecule has 0 atom stereocenters. The first kappa shape index (κ1) is 16.3. The normalized spacial score (nSPS) is 11.7. The zero-order valence-electron chi connectivity index (χ0n) is 13.5. The van der Waals surface area contributed by atoms with Crippen molar-refractivity contribution in [3.05, 3.63) is 84.6 Å². The van der Waals surface area contributed by atoms with Gasteiger partial charge in [-0.1, -0.05) is 42.5 Å². The van der Waals surface area contributed by atoms with Crippen LogP contribution in [-0.4, -0.2) is 9.97 Å². The van der Waals surface area contributed by atoms with Crippen LogP contribution in [-0.2, 0) is 6.18 Å². The van der Waals surface area contributed by atoms with E-state index in [1.807, 2.05) is 42.5 Å². The Morgan fingerprint density at radius 2 is 1.46 bits per heavy atom. The minimum absolute atomic E-state index is 0.609. The average molecular weight is 350 g/mol. The molecule has 2 heterocycles. The van der Waals surface area contributed by atoms with Gasteiger partial charge in [0.15, 0.2) is 0 Å². The summed E-state index contributed by atoms with van der Waals surface area (Å²) in [6.45, 7) is 0. The van der Waals surface area contributed by atoms with Gasteiger partial charge in [-0.15, -0.1) is 0 Å². The van der Waals surface area contributed by atoms with Crippen LogP contribution in [0.25, 0.3) is 33.4 Å². The molecule has 26 heavy (non-hydrogen) atoms. The molecule has 0 amide bonds. The van der Waals surface area contributed by atoms with Gasteiger partial charge in [-0.25, -0.2) is 4.98 Å². The maximum Gasteiger partial charge on any atom is 0.416 e. The van der Waals surface area contributed by atoms with E-state index in [2.05, 4.69) is 9.97 Å². The molecule has 0 aliphatic heterocycles. The number of hydrogen-bond acceptors (Lipinski definition) is 2. The summed E-state index contributed by atoms with van der Waals surface area (Å²) in [7, 11) is 0. The Balaban J connectivity index is 1.89. The smallest absolute Gasteiger partial charge is 0.254 e. The van der Waals surface area contributed by atoms with Gasteiger partial charge >= 0.3 is 6.18 Å². The molecule has 0 fully saturated rings. The lowest BCUT2D eigenvalue weighted by Crippen LogP contribution is -2.04. The van der Waals surface area contributed by atoms with E-state index in [-0.39, 0.29) is 0 Å². The Hall–Kier alpha value is -3.21. The summed E-state index contributed by atoms with van der Waals surface area (Å²) in [6, 6.07) is 20.3. The minimum atomic E-state index is -4.35. The zero-order valence-corrected chi connectivity index (χ0v) is 13.5. The van der Waals surface area contributed by atoms with Crippen molar-refractivity contribution in [3.8, 4) is 22.4 Å². The molecule has 0 spiro atoms. The Bertz CT molecular complexity index is 1060. The molecular formula is C21H13F3N2. The summed E-state index contributed by atoms with van der Waals surface area (Å²) in [4.78, 5) is 9.01. The fourth-order valence-corrected chi connectivity index (χ4v) is 2.88. The van der Waals surface area contributed by atoms with Gasteiger partial charge in [0.05, 0.1) is 22.3 Å². The molecule has 2 aromatic heterocycles. The molecule has 2 nitrogen and oxygen atoms in total. The van der Waals surface area contributed by atoms with Crippen LogP contribution in [0.3, 0.4) is 0 Å². The van der Waals surface area contributed by atoms with Crippen LogP contribution in [0.4, 0.5) is 13.2 Å². The third kappa shape index (κ3) is 3.04.